The summed E-state index contributed by atoms with van der Waals surface area (Å²) < 4.78 is 28.0. The van der Waals surface area contributed by atoms with Gasteiger partial charge in [-0.05, 0) is 37.1 Å². The maximum atomic E-state index is 14.3. The van der Waals surface area contributed by atoms with Crippen molar-refractivity contribution in [3.63, 3.8) is 0 Å². The monoisotopic (exact) mass is 387 g/mol. The maximum Gasteiger partial charge on any atom is 0.394 e. The molecule has 0 spiro atoms. The molecular formula is C18H15F2N5O3. The van der Waals surface area contributed by atoms with Crippen molar-refractivity contribution in [2.24, 2.45) is 0 Å². The average molecular weight is 387 g/mol. The van der Waals surface area contributed by atoms with Crippen LogP contribution >= 0.6 is 0 Å². The van der Waals surface area contributed by atoms with Crippen LogP contribution in [0.15, 0.2) is 30.5 Å². The van der Waals surface area contributed by atoms with E-state index in [-0.39, 0.29) is 11.3 Å². The fraction of sp³-hybridized carbons (Fsp3) is 0.222. The second-order valence-electron chi connectivity index (χ2n) is 6.44. The second kappa shape index (κ2) is 6.87. The molecule has 1 saturated heterocycles. The molecule has 0 aliphatic carbocycles. The summed E-state index contributed by atoms with van der Waals surface area (Å²) in [6.07, 6.45) is 2.69. The number of halogens is 2. The molecule has 144 valence electrons. The normalized spacial score (nSPS) is 16.5. The van der Waals surface area contributed by atoms with Crippen LogP contribution in [0.3, 0.4) is 0 Å². The lowest BCUT2D eigenvalue weighted by molar-refractivity contribution is -0.147. The van der Waals surface area contributed by atoms with Crippen LogP contribution in [0, 0.1) is 11.6 Å². The van der Waals surface area contributed by atoms with Crippen molar-refractivity contribution in [3.8, 4) is 0 Å². The Kier molecular flexibility index (Phi) is 4.38. The minimum absolute atomic E-state index is 0.190. The van der Waals surface area contributed by atoms with E-state index in [1.54, 1.807) is 6.07 Å². The number of aliphatic carboxylic acids is 1. The van der Waals surface area contributed by atoms with Crippen molar-refractivity contribution >= 4 is 34.4 Å². The van der Waals surface area contributed by atoms with Gasteiger partial charge in [-0.1, -0.05) is 0 Å². The second-order valence-corrected chi connectivity index (χ2v) is 6.44. The highest BCUT2D eigenvalue weighted by Gasteiger charge is 2.31. The number of H-pyrrole nitrogens is 1. The fourth-order valence-corrected chi connectivity index (χ4v) is 3.48. The number of anilines is 2. The van der Waals surface area contributed by atoms with Gasteiger partial charge in [0, 0.05) is 12.1 Å². The predicted octanol–water partition coefficient (Wildman–Crippen LogP) is 2.60. The number of nitrogens with one attached hydrogen (secondary N) is 2. The first-order valence-electron chi connectivity index (χ1n) is 8.54. The number of carbonyl (C=O) groups excluding carboxylic acids is 1. The van der Waals surface area contributed by atoms with Gasteiger partial charge in [0.1, 0.15) is 11.6 Å². The van der Waals surface area contributed by atoms with Crippen LogP contribution in [-0.4, -0.2) is 38.7 Å². The summed E-state index contributed by atoms with van der Waals surface area (Å²) in [5, 5.41) is 18.5. The first-order valence-corrected chi connectivity index (χ1v) is 8.54. The summed E-state index contributed by atoms with van der Waals surface area (Å²) in [4.78, 5) is 28.1. The molecule has 1 amide bonds. The van der Waals surface area contributed by atoms with E-state index < -0.39 is 29.6 Å². The van der Waals surface area contributed by atoms with E-state index in [1.807, 2.05) is 4.90 Å². The van der Waals surface area contributed by atoms with Crippen LogP contribution in [0.1, 0.15) is 24.4 Å². The molecule has 1 aliphatic heterocycles. The van der Waals surface area contributed by atoms with Crippen LogP contribution in [0.4, 0.5) is 20.3 Å². The molecule has 0 bridgehead atoms. The molecule has 1 unspecified atom stereocenters. The predicted molar refractivity (Wildman–Crippen MR) is 95.8 cm³/mol. The van der Waals surface area contributed by atoms with Gasteiger partial charge >= 0.3 is 11.9 Å². The number of carboxylic acids is 1. The number of rotatable bonds is 3. The highest BCUT2D eigenvalue weighted by Crippen LogP contribution is 2.39. The van der Waals surface area contributed by atoms with Crippen molar-refractivity contribution in [3.05, 3.63) is 47.7 Å². The average Bonchev–Trinajstić information content (AvgIpc) is 3.29. The highest BCUT2D eigenvalue weighted by molar-refractivity contribution is 6.36. The van der Waals surface area contributed by atoms with Crippen molar-refractivity contribution in [2.75, 3.05) is 16.8 Å². The molecule has 3 aromatic rings. The fourth-order valence-electron chi connectivity index (χ4n) is 3.48. The molecule has 10 heteroatoms. The summed E-state index contributed by atoms with van der Waals surface area (Å²) in [7, 11) is 0. The Balaban J connectivity index is 1.72. The molecule has 28 heavy (non-hydrogen) atoms. The van der Waals surface area contributed by atoms with Gasteiger partial charge in [0.05, 0.1) is 23.3 Å². The Bertz CT molecular complexity index is 1080. The third-order valence-corrected chi connectivity index (χ3v) is 4.69. The van der Waals surface area contributed by atoms with Crippen LogP contribution in [0.5, 0.6) is 0 Å². The number of benzene rings is 1. The van der Waals surface area contributed by atoms with Gasteiger partial charge in [-0.2, -0.15) is 5.10 Å². The third kappa shape index (κ3) is 3.13. The topological polar surface area (TPSA) is 111 Å². The molecule has 1 aromatic carbocycles. The Morgan fingerprint density at radius 3 is 2.89 bits per heavy atom. The lowest BCUT2D eigenvalue weighted by atomic mass is 10.0. The number of aromatic nitrogens is 3. The van der Waals surface area contributed by atoms with Gasteiger partial charge in [0.25, 0.3) is 0 Å². The van der Waals surface area contributed by atoms with Gasteiger partial charge < -0.3 is 15.3 Å². The molecule has 4 rings (SSSR count). The number of amides is 1. The largest absolute Gasteiger partial charge is 0.474 e. The molecule has 3 heterocycles. The zero-order valence-electron chi connectivity index (χ0n) is 14.4. The van der Waals surface area contributed by atoms with E-state index in [0.29, 0.717) is 29.8 Å². The SMILES string of the molecule is O=C(O)C(=O)Nc1cnc2[nH]nc(N3CCCC3c3cc(F)ccc3F)c2c1. The quantitative estimate of drug-likeness (QED) is 0.596. The summed E-state index contributed by atoms with van der Waals surface area (Å²) in [5.41, 5.74) is 0.862. The summed E-state index contributed by atoms with van der Waals surface area (Å²) in [5.74, 6) is -3.35. The lowest BCUT2D eigenvalue weighted by Gasteiger charge is -2.25. The zero-order chi connectivity index (χ0) is 19.8. The number of hydrogen-bond donors (Lipinski definition) is 3. The summed E-state index contributed by atoms with van der Waals surface area (Å²) >= 11 is 0. The molecule has 1 atom stereocenters. The number of carboxylic acid groups (broad SMARTS) is 1. The van der Waals surface area contributed by atoms with Crippen molar-refractivity contribution in [1.82, 2.24) is 15.2 Å². The third-order valence-electron chi connectivity index (χ3n) is 4.69. The molecule has 1 fully saturated rings. The molecule has 8 nitrogen and oxygen atoms in total. The van der Waals surface area contributed by atoms with Crippen molar-refractivity contribution < 1.29 is 23.5 Å². The Hall–Kier alpha value is -3.56. The lowest BCUT2D eigenvalue weighted by Crippen LogP contribution is -2.24. The number of hydrogen-bond acceptors (Lipinski definition) is 5. The number of fused-ring (bicyclic) bond motifs is 1. The van der Waals surface area contributed by atoms with E-state index in [9.17, 15) is 18.4 Å². The van der Waals surface area contributed by atoms with E-state index in [4.69, 9.17) is 5.11 Å². The summed E-state index contributed by atoms with van der Waals surface area (Å²) in [6, 6.07) is 4.50. The molecular weight excluding hydrogens is 372 g/mol. The van der Waals surface area contributed by atoms with Crippen LogP contribution in [0.2, 0.25) is 0 Å². The standard InChI is InChI=1S/C18H15F2N5O3/c19-9-3-4-13(20)11(6-9)14-2-1-5-25(14)16-12-7-10(22-17(26)18(27)28)8-21-15(12)23-24-16/h3-4,6-8,14H,1-2,5H2,(H,22,26)(H,27,28)(H,21,23,24). The van der Waals surface area contributed by atoms with Gasteiger partial charge in [0.15, 0.2) is 11.5 Å². The number of aromatic amines is 1. The van der Waals surface area contributed by atoms with Gasteiger partial charge in [-0.15, -0.1) is 0 Å². The number of carbonyl (C=O) groups is 2. The minimum Gasteiger partial charge on any atom is -0.474 e. The number of nitrogens with zero attached hydrogens (tertiary/aromatic N) is 3. The Morgan fingerprint density at radius 1 is 1.29 bits per heavy atom. The van der Waals surface area contributed by atoms with Crippen molar-refractivity contribution in [2.45, 2.75) is 18.9 Å². The molecule has 0 radical (unpaired) electrons. The molecule has 0 saturated carbocycles. The number of pyridine rings is 1. The first kappa shape index (κ1) is 17.8. The smallest absolute Gasteiger partial charge is 0.394 e. The van der Waals surface area contributed by atoms with Gasteiger partial charge in [-0.25, -0.2) is 18.6 Å². The van der Waals surface area contributed by atoms with Crippen LogP contribution in [0.25, 0.3) is 11.0 Å². The van der Waals surface area contributed by atoms with E-state index in [0.717, 1.165) is 18.6 Å². The minimum atomic E-state index is -1.62. The highest BCUT2D eigenvalue weighted by atomic mass is 19.1. The van der Waals surface area contributed by atoms with Gasteiger partial charge in [-0.3, -0.25) is 9.89 Å². The van der Waals surface area contributed by atoms with Crippen molar-refractivity contribution in [1.29, 1.82) is 0 Å². The van der Waals surface area contributed by atoms with Gasteiger partial charge in [0.2, 0.25) is 0 Å². The molecule has 2 aromatic heterocycles. The van der Waals surface area contributed by atoms with E-state index >= 15 is 0 Å². The Morgan fingerprint density at radius 2 is 2.11 bits per heavy atom. The maximum absolute atomic E-state index is 14.3. The van der Waals surface area contributed by atoms with E-state index in [2.05, 4.69) is 20.5 Å². The molecule has 3 N–H and O–H groups in total. The first-order chi connectivity index (χ1) is 13.4. The molecule has 1 aliphatic rings. The summed E-state index contributed by atoms with van der Waals surface area (Å²) in [6.45, 7) is 0.576. The zero-order valence-corrected chi connectivity index (χ0v) is 14.4. The van der Waals surface area contributed by atoms with Crippen LogP contribution in [-0.2, 0) is 9.59 Å². The van der Waals surface area contributed by atoms with Crippen LogP contribution < -0.4 is 10.2 Å². The van der Waals surface area contributed by atoms with E-state index in [1.165, 1.54) is 12.3 Å². The Labute approximate surface area is 157 Å².